The lowest BCUT2D eigenvalue weighted by atomic mass is 10.2. The maximum absolute atomic E-state index is 11.9. The van der Waals surface area contributed by atoms with Crippen LogP contribution in [-0.4, -0.2) is 29.0 Å². The van der Waals surface area contributed by atoms with Crippen LogP contribution in [0.4, 0.5) is 17.2 Å². The minimum Gasteiger partial charge on any atom is -0.495 e. The number of hydrogen-bond donors (Lipinski definition) is 2. The van der Waals surface area contributed by atoms with Gasteiger partial charge in [0.25, 0.3) is 5.69 Å². The summed E-state index contributed by atoms with van der Waals surface area (Å²) in [4.78, 5) is 33.8. The smallest absolute Gasteiger partial charge is 0.315 e. The summed E-state index contributed by atoms with van der Waals surface area (Å²) in [5.41, 5.74) is -0.258. The van der Waals surface area contributed by atoms with Gasteiger partial charge >= 0.3 is 11.8 Å². The highest BCUT2D eigenvalue weighted by molar-refractivity contribution is 6.43. The highest BCUT2D eigenvalue weighted by Crippen LogP contribution is 2.28. The molecule has 0 aliphatic rings. The van der Waals surface area contributed by atoms with E-state index in [0.717, 1.165) is 6.07 Å². The Morgan fingerprint density at radius 3 is 2.52 bits per heavy atom. The van der Waals surface area contributed by atoms with E-state index >= 15 is 0 Å². The Labute approximate surface area is 129 Å². The Morgan fingerprint density at radius 1 is 1.26 bits per heavy atom. The Hall–Kier alpha value is -3.43. The number of amides is 2. The van der Waals surface area contributed by atoms with E-state index in [4.69, 9.17) is 9.26 Å². The monoisotopic (exact) mass is 320 g/mol. The first-order valence-electron chi connectivity index (χ1n) is 6.29. The van der Waals surface area contributed by atoms with Crippen molar-refractivity contribution in [3.8, 4) is 5.75 Å². The molecule has 2 amide bonds. The second-order valence-corrected chi connectivity index (χ2v) is 4.37. The zero-order valence-electron chi connectivity index (χ0n) is 12.2. The van der Waals surface area contributed by atoms with Crippen LogP contribution in [0.2, 0.25) is 0 Å². The lowest BCUT2D eigenvalue weighted by molar-refractivity contribution is -0.384. The number of carbonyl (C=O) groups excluding carboxylic acids is 2. The Morgan fingerprint density at radius 2 is 1.96 bits per heavy atom. The number of carbonyl (C=O) groups is 2. The number of aryl methyl sites for hydroxylation is 1. The standard InChI is InChI=1S/C13H12N4O6/c1-7-5-11(16-23-7)15-13(19)12(18)14-9-6-8(17(20)21)3-4-10(9)22-2/h3-6H,1-2H3,(H,14,18)(H,15,16,19). The summed E-state index contributed by atoms with van der Waals surface area (Å²) in [5.74, 6) is -1.33. The molecule has 0 aliphatic carbocycles. The Kier molecular flexibility index (Phi) is 4.55. The third-order valence-corrected chi connectivity index (χ3v) is 2.72. The van der Waals surface area contributed by atoms with Crippen LogP contribution in [-0.2, 0) is 9.59 Å². The van der Waals surface area contributed by atoms with Gasteiger partial charge in [0.15, 0.2) is 5.82 Å². The number of non-ortho nitro benzene ring substituents is 1. The molecule has 10 heteroatoms. The molecule has 0 saturated carbocycles. The Balaban J connectivity index is 2.13. The molecule has 120 valence electrons. The van der Waals surface area contributed by atoms with Crippen LogP contribution in [0.3, 0.4) is 0 Å². The number of aromatic nitrogens is 1. The summed E-state index contributed by atoms with van der Waals surface area (Å²) < 4.78 is 9.74. The van der Waals surface area contributed by atoms with Crippen molar-refractivity contribution in [2.45, 2.75) is 6.92 Å². The van der Waals surface area contributed by atoms with Crippen LogP contribution < -0.4 is 15.4 Å². The summed E-state index contributed by atoms with van der Waals surface area (Å²) in [6.45, 7) is 1.62. The van der Waals surface area contributed by atoms with E-state index in [1.807, 2.05) is 0 Å². The quantitative estimate of drug-likeness (QED) is 0.494. The van der Waals surface area contributed by atoms with E-state index in [1.54, 1.807) is 6.92 Å². The van der Waals surface area contributed by atoms with Crippen LogP contribution in [0.5, 0.6) is 5.75 Å². The predicted molar refractivity (Wildman–Crippen MR) is 78.1 cm³/mol. The van der Waals surface area contributed by atoms with Gasteiger partial charge in [-0.25, -0.2) is 0 Å². The zero-order valence-corrected chi connectivity index (χ0v) is 12.2. The molecular weight excluding hydrogens is 308 g/mol. The van der Waals surface area contributed by atoms with Crippen LogP contribution in [0, 0.1) is 17.0 Å². The number of nitrogens with one attached hydrogen (secondary N) is 2. The summed E-state index contributed by atoms with van der Waals surface area (Å²) in [6, 6.07) is 5.04. The van der Waals surface area contributed by atoms with E-state index in [-0.39, 0.29) is 22.9 Å². The predicted octanol–water partition coefficient (Wildman–Crippen LogP) is 1.48. The number of nitro groups is 1. The van der Waals surface area contributed by atoms with Crippen LogP contribution in [0.1, 0.15) is 5.76 Å². The molecule has 0 saturated heterocycles. The van der Waals surface area contributed by atoms with Crippen molar-refractivity contribution in [1.29, 1.82) is 0 Å². The van der Waals surface area contributed by atoms with Gasteiger partial charge in [-0.2, -0.15) is 0 Å². The lowest BCUT2D eigenvalue weighted by Gasteiger charge is -2.09. The van der Waals surface area contributed by atoms with Gasteiger partial charge in [0, 0.05) is 18.2 Å². The first-order chi connectivity index (χ1) is 10.9. The van der Waals surface area contributed by atoms with Crippen LogP contribution in [0.25, 0.3) is 0 Å². The van der Waals surface area contributed by atoms with Gasteiger partial charge in [-0.3, -0.25) is 25.0 Å². The molecular formula is C13H12N4O6. The second kappa shape index (κ2) is 6.56. The van der Waals surface area contributed by atoms with Crippen molar-refractivity contribution in [3.05, 3.63) is 40.1 Å². The summed E-state index contributed by atoms with van der Waals surface area (Å²) in [5, 5.41) is 18.8. The number of nitro benzene ring substituents is 1. The highest BCUT2D eigenvalue weighted by atomic mass is 16.6. The topological polar surface area (TPSA) is 137 Å². The molecule has 2 aromatic rings. The SMILES string of the molecule is COc1ccc([N+](=O)[O-])cc1NC(=O)C(=O)Nc1cc(C)on1. The molecule has 1 aromatic heterocycles. The Bertz CT molecular complexity index is 770. The first-order valence-corrected chi connectivity index (χ1v) is 6.29. The third-order valence-electron chi connectivity index (χ3n) is 2.72. The fraction of sp³-hybridized carbons (Fsp3) is 0.154. The number of hydrogen-bond acceptors (Lipinski definition) is 7. The first kappa shape index (κ1) is 15.9. The van der Waals surface area contributed by atoms with Gasteiger partial charge in [-0.1, -0.05) is 5.16 Å². The molecule has 23 heavy (non-hydrogen) atoms. The van der Waals surface area contributed by atoms with Gasteiger partial charge < -0.3 is 14.6 Å². The van der Waals surface area contributed by atoms with Gasteiger partial charge in [0.05, 0.1) is 17.7 Å². The minimum atomic E-state index is -1.04. The van der Waals surface area contributed by atoms with Crippen molar-refractivity contribution < 1.29 is 23.8 Å². The van der Waals surface area contributed by atoms with Crippen molar-refractivity contribution >= 4 is 29.0 Å². The fourth-order valence-corrected chi connectivity index (χ4v) is 1.68. The number of methoxy groups -OCH3 is 1. The van der Waals surface area contributed by atoms with E-state index in [2.05, 4.69) is 15.8 Å². The fourth-order valence-electron chi connectivity index (χ4n) is 1.68. The average molecular weight is 320 g/mol. The van der Waals surface area contributed by atoms with E-state index in [9.17, 15) is 19.7 Å². The van der Waals surface area contributed by atoms with Crippen LogP contribution >= 0.6 is 0 Å². The number of benzene rings is 1. The molecule has 1 heterocycles. The molecule has 0 radical (unpaired) electrons. The number of rotatable bonds is 4. The van der Waals surface area contributed by atoms with Crippen LogP contribution in [0.15, 0.2) is 28.8 Å². The van der Waals surface area contributed by atoms with Crippen molar-refractivity contribution in [1.82, 2.24) is 5.16 Å². The van der Waals surface area contributed by atoms with E-state index in [1.165, 1.54) is 25.3 Å². The number of nitrogens with zero attached hydrogens (tertiary/aromatic N) is 2. The molecule has 0 spiro atoms. The molecule has 0 aliphatic heterocycles. The maximum Gasteiger partial charge on any atom is 0.315 e. The van der Waals surface area contributed by atoms with E-state index < -0.39 is 16.7 Å². The molecule has 0 atom stereocenters. The maximum atomic E-state index is 11.9. The van der Waals surface area contributed by atoms with Gasteiger partial charge in [0.2, 0.25) is 0 Å². The van der Waals surface area contributed by atoms with E-state index in [0.29, 0.717) is 5.76 Å². The molecule has 2 N–H and O–H groups in total. The van der Waals surface area contributed by atoms with Crippen molar-refractivity contribution in [3.63, 3.8) is 0 Å². The summed E-state index contributed by atoms with van der Waals surface area (Å²) >= 11 is 0. The summed E-state index contributed by atoms with van der Waals surface area (Å²) in [6.07, 6.45) is 0. The number of ether oxygens (including phenoxy) is 1. The van der Waals surface area contributed by atoms with Crippen molar-refractivity contribution in [2.75, 3.05) is 17.7 Å². The minimum absolute atomic E-state index is 0.00168. The van der Waals surface area contributed by atoms with Crippen molar-refractivity contribution in [2.24, 2.45) is 0 Å². The molecule has 0 unspecified atom stereocenters. The van der Waals surface area contributed by atoms with Gasteiger partial charge in [-0.05, 0) is 13.0 Å². The molecule has 2 rings (SSSR count). The summed E-state index contributed by atoms with van der Waals surface area (Å²) in [7, 11) is 1.33. The van der Waals surface area contributed by atoms with Gasteiger partial charge in [0.1, 0.15) is 11.5 Å². The largest absolute Gasteiger partial charge is 0.495 e. The molecule has 0 fully saturated rings. The normalized spacial score (nSPS) is 10.0. The second-order valence-electron chi connectivity index (χ2n) is 4.37. The number of anilines is 2. The molecule has 1 aromatic carbocycles. The average Bonchev–Trinajstić information content (AvgIpc) is 2.92. The highest BCUT2D eigenvalue weighted by Gasteiger charge is 2.19. The lowest BCUT2D eigenvalue weighted by Crippen LogP contribution is -2.29. The zero-order chi connectivity index (χ0) is 17.0. The third kappa shape index (κ3) is 3.81. The molecule has 0 bridgehead atoms. The van der Waals surface area contributed by atoms with Gasteiger partial charge in [-0.15, -0.1) is 0 Å². The molecule has 10 nitrogen and oxygen atoms in total.